The first-order valence-electron chi connectivity index (χ1n) is 7.40. The summed E-state index contributed by atoms with van der Waals surface area (Å²) in [6.07, 6.45) is 2.28. The molecule has 0 spiro atoms. The molecule has 2 aromatic heterocycles. The molecule has 0 amide bonds. The molecule has 120 valence electrons. The highest BCUT2D eigenvalue weighted by atomic mass is 16.5. The lowest BCUT2D eigenvalue weighted by Gasteiger charge is -2.19. The highest BCUT2D eigenvalue weighted by Gasteiger charge is 2.14. The Morgan fingerprint density at radius 3 is 2.78 bits per heavy atom. The number of hydrogen-bond donors (Lipinski definition) is 2. The van der Waals surface area contributed by atoms with Gasteiger partial charge in [0.1, 0.15) is 6.33 Å². The summed E-state index contributed by atoms with van der Waals surface area (Å²) in [7, 11) is 0. The molecule has 0 saturated heterocycles. The van der Waals surface area contributed by atoms with Crippen LogP contribution >= 0.6 is 0 Å². The third-order valence-electron chi connectivity index (χ3n) is 3.43. The van der Waals surface area contributed by atoms with Gasteiger partial charge in [-0.3, -0.25) is 10.00 Å². The monoisotopic (exact) mass is 314 g/mol. The first-order chi connectivity index (χ1) is 11.3. The topological polar surface area (TPSA) is 104 Å². The van der Waals surface area contributed by atoms with E-state index in [1.165, 1.54) is 11.9 Å². The molecule has 3 aromatic rings. The number of aromatic nitrogens is 5. The summed E-state index contributed by atoms with van der Waals surface area (Å²) < 4.78 is 5.25. The molecule has 2 heterocycles. The predicted molar refractivity (Wildman–Crippen MR) is 82.2 cm³/mol. The third kappa shape index (κ3) is 4.21. The van der Waals surface area contributed by atoms with Gasteiger partial charge in [-0.05, 0) is 12.0 Å². The van der Waals surface area contributed by atoms with Crippen molar-refractivity contribution < 1.29 is 9.63 Å². The lowest BCUT2D eigenvalue weighted by Crippen LogP contribution is -2.28. The Hall–Kier alpha value is -2.58. The van der Waals surface area contributed by atoms with E-state index in [1.807, 2.05) is 18.2 Å². The normalized spacial score (nSPS) is 11.2. The van der Waals surface area contributed by atoms with Gasteiger partial charge >= 0.3 is 0 Å². The second-order valence-electron chi connectivity index (χ2n) is 5.08. The average Bonchev–Trinajstić information content (AvgIpc) is 3.25. The number of aliphatic hydroxyl groups is 1. The number of rotatable bonds is 8. The van der Waals surface area contributed by atoms with Crippen molar-refractivity contribution >= 4 is 0 Å². The average molecular weight is 314 g/mol. The molecular weight excluding hydrogens is 296 g/mol. The maximum absolute atomic E-state index is 9.24. The summed E-state index contributed by atoms with van der Waals surface area (Å²) in [6, 6.07) is 10.2. The molecule has 0 radical (unpaired) electrons. The molecule has 0 aliphatic rings. The van der Waals surface area contributed by atoms with E-state index in [9.17, 15) is 5.11 Å². The van der Waals surface area contributed by atoms with Gasteiger partial charge in [-0.2, -0.15) is 10.1 Å². The van der Waals surface area contributed by atoms with Crippen molar-refractivity contribution in [3.63, 3.8) is 0 Å². The van der Waals surface area contributed by atoms with Gasteiger partial charge in [-0.15, -0.1) is 0 Å². The number of hydrogen-bond acceptors (Lipinski definition) is 7. The number of nitrogens with zero attached hydrogens (tertiary/aromatic N) is 5. The van der Waals surface area contributed by atoms with E-state index in [-0.39, 0.29) is 6.61 Å². The minimum Gasteiger partial charge on any atom is -0.395 e. The quantitative estimate of drug-likeness (QED) is 0.636. The molecule has 0 saturated carbocycles. The molecule has 0 aliphatic heterocycles. The molecule has 2 N–H and O–H groups in total. The van der Waals surface area contributed by atoms with Crippen molar-refractivity contribution in [1.82, 2.24) is 30.2 Å². The Labute approximate surface area is 133 Å². The molecule has 1 aromatic carbocycles. The fourth-order valence-corrected chi connectivity index (χ4v) is 2.26. The van der Waals surface area contributed by atoms with Crippen molar-refractivity contribution in [3.05, 3.63) is 48.1 Å². The van der Waals surface area contributed by atoms with Crippen LogP contribution in [0.2, 0.25) is 0 Å². The number of nitrogens with one attached hydrogen (secondary N) is 1. The second kappa shape index (κ2) is 7.61. The number of aliphatic hydroxyl groups excluding tert-OH is 1. The fourth-order valence-electron chi connectivity index (χ4n) is 2.26. The van der Waals surface area contributed by atoms with Gasteiger partial charge in [0.05, 0.1) is 13.2 Å². The summed E-state index contributed by atoms with van der Waals surface area (Å²) >= 11 is 0. The summed E-state index contributed by atoms with van der Waals surface area (Å²) in [6.45, 7) is 1.91. The fraction of sp³-hybridized carbons (Fsp3) is 0.333. The second-order valence-corrected chi connectivity index (χ2v) is 5.08. The van der Waals surface area contributed by atoms with Crippen LogP contribution in [0.25, 0.3) is 11.6 Å². The van der Waals surface area contributed by atoms with E-state index in [2.05, 4.69) is 42.4 Å². The van der Waals surface area contributed by atoms with Crippen LogP contribution in [0.15, 0.2) is 41.2 Å². The highest BCUT2D eigenvalue weighted by molar-refractivity contribution is 5.39. The van der Waals surface area contributed by atoms with Crippen LogP contribution in [0.3, 0.4) is 0 Å². The predicted octanol–water partition coefficient (Wildman–Crippen LogP) is 0.892. The van der Waals surface area contributed by atoms with Crippen LogP contribution in [-0.4, -0.2) is 55.0 Å². The van der Waals surface area contributed by atoms with Crippen LogP contribution in [0.4, 0.5) is 0 Å². The standard InChI is InChI=1S/C15H18N6O2/c22-9-8-21(7-6-12-4-2-1-3-5-12)10-13-18-15(20-23-13)14-16-11-17-19-14/h1-5,11,22H,6-10H2,(H,16,17,19). The zero-order valence-electron chi connectivity index (χ0n) is 12.6. The molecule has 0 aliphatic carbocycles. The van der Waals surface area contributed by atoms with E-state index in [0.29, 0.717) is 30.6 Å². The van der Waals surface area contributed by atoms with Crippen LogP contribution < -0.4 is 0 Å². The van der Waals surface area contributed by atoms with E-state index in [0.717, 1.165) is 13.0 Å². The van der Waals surface area contributed by atoms with E-state index < -0.39 is 0 Å². The molecular formula is C15H18N6O2. The maximum atomic E-state index is 9.24. The minimum absolute atomic E-state index is 0.0812. The minimum atomic E-state index is 0.0812. The Morgan fingerprint density at radius 1 is 1.17 bits per heavy atom. The molecule has 8 nitrogen and oxygen atoms in total. The van der Waals surface area contributed by atoms with E-state index >= 15 is 0 Å². The molecule has 0 fully saturated rings. The molecule has 0 unspecified atom stereocenters. The third-order valence-corrected chi connectivity index (χ3v) is 3.43. The molecule has 0 atom stereocenters. The summed E-state index contributed by atoms with van der Waals surface area (Å²) in [5.41, 5.74) is 1.25. The Kier molecular flexibility index (Phi) is 5.07. The van der Waals surface area contributed by atoms with Gasteiger partial charge in [-0.1, -0.05) is 35.5 Å². The van der Waals surface area contributed by atoms with Gasteiger partial charge in [0, 0.05) is 13.1 Å². The van der Waals surface area contributed by atoms with Crippen molar-refractivity contribution in [2.24, 2.45) is 0 Å². The smallest absolute Gasteiger partial charge is 0.241 e. The van der Waals surface area contributed by atoms with Gasteiger partial charge in [0.15, 0.2) is 5.82 Å². The Morgan fingerprint density at radius 2 is 2.04 bits per heavy atom. The highest BCUT2D eigenvalue weighted by Crippen LogP contribution is 2.11. The largest absolute Gasteiger partial charge is 0.395 e. The molecule has 8 heteroatoms. The van der Waals surface area contributed by atoms with Crippen LogP contribution in [-0.2, 0) is 13.0 Å². The zero-order chi connectivity index (χ0) is 15.9. The van der Waals surface area contributed by atoms with Crippen LogP contribution in [0, 0.1) is 0 Å². The van der Waals surface area contributed by atoms with E-state index in [4.69, 9.17) is 4.52 Å². The van der Waals surface area contributed by atoms with Crippen molar-refractivity contribution in [1.29, 1.82) is 0 Å². The van der Waals surface area contributed by atoms with Gasteiger partial charge < -0.3 is 9.63 Å². The van der Waals surface area contributed by atoms with Crippen LogP contribution in [0.1, 0.15) is 11.5 Å². The summed E-state index contributed by atoms with van der Waals surface area (Å²) in [4.78, 5) is 10.4. The van der Waals surface area contributed by atoms with Crippen LogP contribution in [0.5, 0.6) is 0 Å². The zero-order valence-corrected chi connectivity index (χ0v) is 12.6. The first-order valence-corrected chi connectivity index (χ1v) is 7.40. The summed E-state index contributed by atoms with van der Waals surface area (Å²) in [5.74, 6) is 1.33. The molecule has 3 rings (SSSR count). The van der Waals surface area contributed by atoms with Crippen molar-refractivity contribution in [3.8, 4) is 11.6 Å². The molecule has 0 bridgehead atoms. The number of H-pyrrole nitrogens is 1. The van der Waals surface area contributed by atoms with Gasteiger partial charge in [-0.25, -0.2) is 4.98 Å². The Balaban J connectivity index is 1.60. The number of benzene rings is 1. The van der Waals surface area contributed by atoms with Crippen molar-refractivity contribution in [2.45, 2.75) is 13.0 Å². The maximum Gasteiger partial charge on any atom is 0.241 e. The molecule has 23 heavy (non-hydrogen) atoms. The lowest BCUT2D eigenvalue weighted by atomic mass is 10.1. The van der Waals surface area contributed by atoms with Gasteiger partial charge in [0.25, 0.3) is 0 Å². The first kappa shape index (κ1) is 15.3. The number of aromatic amines is 1. The van der Waals surface area contributed by atoms with E-state index in [1.54, 1.807) is 0 Å². The SMILES string of the molecule is OCCN(CCc1ccccc1)Cc1nc(-c2ncn[nH]2)no1. The van der Waals surface area contributed by atoms with Crippen molar-refractivity contribution in [2.75, 3.05) is 19.7 Å². The Bertz CT molecular complexity index is 698. The lowest BCUT2D eigenvalue weighted by molar-refractivity contribution is 0.175. The summed E-state index contributed by atoms with van der Waals surface area (Å²) in [5, 5.41) is 19.6. The van der Waals surface area contributed by atoms with Gasteiger partial charge in [0.2, 0.25) is 11.7 Å².